The van der Waals surface area contributed by atoms with Gasteiger partial charge in [0.1, 0.15) is 19.0 Å². The third-order valence-electron chi connectivity index (χ3n) is 8.35. The van der Waals surface area contributed by atoms with Crippen LogP contribution in [0.5, 0.6) is 5.75 Å². The van der Waals surface area contributed by atoms with Crippen molar-refractivity contribution in [1.82, 2.24) is 9.78 Å². The Morgan fingerprint density at radius 2 is 1.84 bits per heavy atom. The topological polar surface area (TPSA) is 76.8 Å². The van der Waals surface area contributed by atoms with Crippen LogP contribution in [0, 0.1) is 32.6 Å². The van der Waals surface area contributed by atoms with Gasteiger partial charge in [-0.05, 0) is 91.5 Å². The van der Waals surface area contributed by atoms with Crippen molar-refractivity contribution in [3.8, 4) is 29.7 Å². The van der Waals surface area contributed by atoms with Crippen LogP contribution < -0.4 is 9.64 Å². The Balaban J connectivity index is 0.00000180. The molecule has 2 unspecified atom stereocenters. The molecule has 6 rings (SSSR count). The van der Waals surface area contributed by atoms with Crippen LogP contribution in [-0.2, 0) is 16.9 Å². The fourth-order valence-electron chi connectivity index (χ4n) is 5.80. The van der Waals surface area contributed by atoms with E-state index in [0.717, 1.165) is 45.7 Å². The minimum Gasteiger partial charge on any atom is -0.490 e. The molecule has 43 heavy (non-hydrogen) atoms. The van der Waals surface area contributed by atoms with Crippen molar-refractivity contribution in [2.45, 2.75) is 52.2 Å². The maximum absolute atomic E-state index is 13.2. The second kappa shape index (κ2) is 12.4. The number of aliphatic hydroxyl groups is 1. The van der Waals surface area contributed by atoms with E-state index >= 15 is 0 Å². The van der Waals surface area contributed by atoms with E-state index in [1.165, 1.54) is 11.1 Å². The number of carbonyl (C=O) groups excluding carboxylic acids is 1. The third-order valence-corrected chi connectivity index (χ3v) is 8.35. The van der Waals surface area contributed by atoms with Gasteiger partial charge in [-0.25, -0.2) is 4.79 Å². The number of hydrogen-bond donors (Lipinski definition) is 1. The molecule has 0 radical (unpaired) electrons. The third kappa shape index (κ3) is 6.45. The lowest BCUT2D eigenvalue weighted by atomic mass is 9.93. The van der Waals surface area contributed by atoms with Gasteiger partial charge in [0, 0.05) is 18.3 Å². The van der Waals surface area contributed by atoms with E-state index in [0.29, 0.717) is 31.5 Å². The monoisotopic (exact) mass is 577 g/mol. The lowest BCUT2D eigenvalue weighted by Gasteiger charge is -2.29. The summed E-state index contributed by atoms with van der Waals surface area (Å²) >= 11 is 0. The van der Waals surface area contributed by atoms with Gasteiger partial charge in [0.25, 0.3) is 0 Å². The molecule has 2 heterocycles. The zero-order chi connectivity index (χ0) is 30.7. The molecule has 7 heteroatoms. The molecule has 0 spiro atoms. The SMILES string of the molecule is C#C.Cc1cccc(OCCOC(=O)N2CC3CC3c3c(-c4cnn(Cc5cccc(C(C)(C)O)c5)c4)cccc32)c1C. The fraction of sp³-hybridized carbons (Fsp3) is 0.333. The Labute approximate surface area is 254 Å². The van der Waals surface area contributed by atoms with E-state index in [1.54, 1.807) is 18.7 Å². The van der Waals surface area contributed by atoms with Crippen molar-refractivity contribution >= 4 is 11.8 Å². The number of aryl methyl sites for hydroxylation is 1. The number of rotatable bonds is 8. The maximum atomic E-state index is 13.2. The lowest BCUT2D eigenvalue weighted by Crippen LogP contribution is -2.37. The Hall–Kier alpha value is -4.54. The predicted octanol–water partition coefficient (Wildman–Crippen LogP) is 6.83. The van der Waals surface area contributed by atoms with Crippen LogP contribution in [-0.4, -0.2) is 40.7 Å². The quantitative estimate of drug-likeness (QED) is 0.184. The smallest absolute Gasteiger partial charge is 0.414 e. The number of terminal acetylenes is 1. The summed E-state index contributed by atoms with van der Waals surface area (Å²) in [7, 11) is 0. The van der Waals surface area contributed by atoms with Crippen molar-refractivity contribution in [3.63, 3.8) is 0 Å². The minimum atomic E-state index is -0.894. The molecule has 1 saturated carbocycles. The molecule has 2 aliphatic rings. The highest BCUT2D eigenvalue weighted by atomic mass is 16.6. The van der Waals surface area contributed by atoms with Gasteiger partial charge < -0.3 is 14.6 Å². The van der Waals surface area contributed by atoms with Crippen molar-refractivity contribution in [2.24, 2.45) is 5.92 Å². The summed E-state index contributed by atoms with van der Waals surface area (Å²) in [6.07, 6.45) is 12.7. The number of hydrogen-bond acceptors (Lipinski definition) is 5. The van der Waals surface area contributed by atoms with Crippen molar-refractivity contribution in [2.75, 3.05) is 24.7 Å². The van der Waals surface area contributed by atoms with Crippen LogP contribution in [0.4, 0.5) is 10.5 Å². The second-order valence-electron chi connectivity index (χ2n) is 11.8. The number of nitrogens with zero attached hydrogens (tertiary/aromatic N) is 3. The van der Waals surface area contributed by atoms with Crippen LogP contribution in [0.2, 0.25) is 0 Å². The van der Waals surface area contributed by atoms with Crippen molar-refractivity contribution in [3.05, 3.63) is 101 Å². The number of amides is 1. The van der Waals surface area contributed by atoms with E-state index in [-0.39, 0.29) is 12.7 Å². The number of fused-ring (bicyclic) bond motifs is 3. The van der Waals surface area contributed by atoms with Gasteiger partial charge in [0.15, 0.2) is 0 Å². The molecule has 222 valence electrons. The first kappa shape index (κ1) is 29.9. The average molecular weight is 578 g/mol. The van der Waals surface area contributed by atoms with Crippen LogP contribution in [0.15, 0.2) is 73.1 Å². The molecule has 1 aliphatic carbocycles. The summed E-state index contributed by atoms with van der Waals surface area (Å²) in [6.45, 7) is 9.44. The first-order valence-corrected chi connectivity index (χ1v) is 14.6. The molecule has 3 aromatic carbocycles. The number of aromatic nitrogens is 2. The minimum absolute atomic E-state index is 0.188. The normalized spacial score (nSPS) is 16.8. The molecule has 2 atom stereocenters. The van der Waals surface area contributed by atoms with E-state index in [1.807, 2.05) is 66.3 Å². The van der Waals surface area contributed by atoms with Crippen LogP contribution >= 0.6 is 0 Å². The highest BCUT2D eigenvalue weighted by Crippen LogP contribution is 2.57. The fourth-order valence-corrected chi connectivity index (χ4v) is 5.80. The second-order valence-corrected chi connectivity index (χ2v) is 11.8. The zero-order valence-electron chi connectivity index (χ0n) is 25.3. The largest absolute Gasteiger partial charge is 0.490 e. The molecule has 4 aromatic rings. The molecule has 1 amide bonds. The maximum Gasteiger partial charge on any atom is 0.414 e. The number of carbonyl (C=O) groups is 1. The Bertz CT molecular complexity index is 1630. The highest BCUT2D eigenvalue weighted by molar-refractivity contribution is 5.92. The Morgan fingerprint density at radius 3 is 2.63 bits per heavy atom. The summed E-state index contributed by atoms with van der Waals surface area (Å²) in [6, 6.07) is 20.1. The van der Waals surface area contributed by atoms with Crippen LogP contribution in [0.25, 0.3) is 11.1 Å². The summed E-state index contributed by atoms with van der Waals surface area (Å²) in [5.41, 5.74) is 7.60. The highest BCUT2D eigenvalue weighted by Gasteiger charge is 2.48. The molecule has 7 nitrogen and oxygen atoms in total. The van der Waals surface area contributed by atoms with Gasteiger partial charge in [0.05, 0.1) is 24.0 Å². The van der Waals surface area contributed by atoms with E-state index in [4.69, 9.17) is 9.47 Å². The van der Waals surface area contributed by atoms with Gasteiger partial charge in [-0.1, -0.05) is 48.5 Å². The first-order valence-electron chi connectivity index (χ1n) is 14.6. The molecule has 1 aliphatic heterocycles. The first-order chi connectivity index (χ1) is 20.7. The van der Waals surface area contributed by atoms with Gasteiger partial charge in [0.2, 0.25) is 0 Å². The van der Waals surface area contributed by atoms with Crippen LogP contribution in [0.1, 0.15) is 54.0 Å². The molecule has 0 bridgehead atoms. The summed E-state index contributed by atoms with van der Waals surface area (Å²) < 4.78 is 13.5. The summed E-state index contributed by atoms with van der Waals surface area (Å²) in [4.78, 5) is 15.0. The van der Waals surface area contributed by atoms with Crippen LogP contribution in [0.3, 0.4) is 0 Å². The Morgan fingerprint density at radius 1 is 1.07 bits per heavy atom. The molecule has 1 aromatic heterocycles. The average Bonchev–Trinajstić information content (AvgIpc) is 3.65. The molecule has 1 N–H and O–H groups in total. The lowest BCUT2D eigenvalue weighted by molar-refractivity contribution is 0.0785. The van der Waals surface area contributed by atoms with Crippen molar-refractivity contribution in [1.29, 1.82) is 0 Å². The molecular formula is C36H39N3O4. The standard InChI is InChI=1S/C34H37N3O4.C2H2/c1-22-8-5-13-31(23(22)2)40-14-15-41-33(38)37-21-25-17-29(25)32-28(11-7-12-30(32)37)26-18-35-36(20-26)19-24-9-6-10-27(16-24)34(3,4)39;1-2/h5-13,16,18,20,25,29,39H,14-15,17,19,21H2,1-4H3;1-2H. The van der Waals surface area contributed by atoms with Gasteiger partial charge in [-0.15, -0.1) is 12.8 Å². The predicted molar refractivity (Wildman–Crippen MR) is 169 cm³/mol. The number of ether oxygens (including phenoxy) is 2. The van der Waals surface area contributed by atoms with E-state index in [9.17, 15) is 9.90 Å². The van der Waals surface area contributed by atoms with Crippen molar-refractivity contribution < 1.29 is 19.4 Å². The molecule has 1 fully saturated rings. The number of benzene rings is 3. The molecular weight excluding hydrogens is 538 g/mol. The number of anilines is 1. The van der Waals surface area contributed by atoms with Gasteiger partial charge in [-0.2, -0.15) is 5.10 Å². The summed E-state index contributed by atoms with van der Waals surface area (Å²) in [5.74, 6) is 1.71. The van der Waals surface area contributed by atoms with E-state index < -0.39 is 5.60 Å². The molecule has 0 saturated heterocycles. The van der Waals surface area contributed by atoms with E-state index in [2.05, 4.69) is 43.2 Å². The zero-order valence-corrected chi connectivity index (χ0v) is 25.3. The van der Waals surface area contributed by atoms with Gasteiger partial charge >= 0.3 is 6.09 Å². The summed E-state index contributed by atoms with van der Waals surface area (Å²) in [5, 5.41) is 15.0. The Kier molecular flexibility index (Phi) is 8.61. The van der Waals surface area contributed by atoms with Gasteiger partial charge in [-0.3, -0.25) is 9.58 Å².